The van der Waals surface area contributed by atoms with Crippen LogP contribution in [0, 0.1) is 0 Å². The molecular weight excluding hydrogens is 348 g/mol. The molecule has 126 valence electrons. The van der Waals surface area contributed by atoms with E-state index in [0.29, 0.717) is 39.4 Å². The maximum atomic E-state index is 12.0. The van der Waals surface area contributed by atoms with E-state index in [2.05, 4.69) is 10.6 Å². The van der Waals surface area contributed by atoms with E-state index in [4.69, 9.17) is 33.3 Å². The Morgan fingerprint density at radius 2 is 1.88 bits per heavy atom. The van der Waals surface area contributed by atoms with E-state index in [1.165, 1.54) is 0 Å². The molecule has 0 fully saturated rings. The average Bonchev–Trinajstić information content (AvgIpc) is 2.55. The Balaban J connectivity index is 2.16. The normalized spacial score (nSPS) is 9.96. The van der Waals surface area contributed by atoms with Crippen molar-refractivity contribution in [3.8, 4) is 5.75 Å². The van der Waals surface area contributed by atoms with Gasteiger partial charge in [-0.25, -0.2) is 4.79 Å². The number of halogens is 1. The molecule has 24 heavy (non-hydrogen) atoms. The number of nitrogens with one attached hydrogen (secondary N) is 2. The maximum Gasteiger partial charge on any atom is 0.340 e. The monoisotopic (exact) mass is 364 g/mol. The van der Waals surface area contributed by atoms with Crippen LogP contribution in [0.5, 0.6) is 5.75 Å². The molecule has 0 heterocycles. The number of methoxy groups -OCH3 is 1. The lowest BCUT2D eigenvalue weighted by Crippen LogP contribution is -2.21. The van der Waals surface area contributed by atoms with Crippen LogP contribution in [0.1, 0.15) is 17.3 Å². The third-order valence-corrected chi connectivity index (χ3v) is 3.52. The van der Waals surface area contributed by atoms with E-state index < -0.39 is 5.97 Å². The van der Waals surface area contributed by atoms with Crippen LogP contribution >= 0.6 is 23.8 Å². The standard InChI is InChI=1S/C17H17ClN2O3S/c1-3-23-16(21)12-6-4-5-7-13(12)19-17(24)20-14-10-11(18)8-9-15(14)22-2/h4-10H,3H2,1-2H3,(H2,19,20,24). The van der Waals surface area contributed by atoms with Crippen molar-refractivity contribution in [2.45, 2.75) is 6.92 Å². The van der Waals surface area contributed by atoms with E-state index >= 15 is 0 Å². The molecule has 0 aliphatic heterocycles. The summed E-state index contributed by atoms with van der Waals surface area (Å²) in [5.41, 5.74) is 1.58. The van der Waals surface area contributed by atoms with E-state index in [9.17, 15) is 4.79 Å². The summed E-state index contributed by atoms with van der Waals surface area (Å²) in [6.07, 6.45) is 0. The summed E-state index contributed by atoms with van der Waals surface area (Å²) in [4.78, 5) is 12.0. The lowest BCUT2D eigenvalue weighted by molar-refractivity contribution is 0.0527. The number of rotatable bonds is 5. The minimum Gasteiger partial charge on any atom is -0.495 e. The number of benzene rings is 2. The van der Waals surface area contributed by atoms with Crippen molar-refractivity contribution in [2.24, 2.45) is 0 Å². The van der Waals surface area contributed by atoms with Gasteiger partial charge in [0, 0.05) is 5.02 Å². The molecule has 2 aromatic carbocycles. The first-order valence-corrected chi connectivity index (χ1v) is 8.01. The predicted molar refractivity (Wildman–Crippen MR) is 100 cm³/mol. The summed E-state index contributed by atoms with van der Waals surface area (Å²) in [6, 6.07) is 12.1. The second-order valence-electron chi connectivity index (χ2n) is 4.69. The van der Waals surface area contributed by atoms with E-state index in [0.717, 1.165) is 0 Å². The largest absolute Gasteiger partial charge is 0.495 e. The van der Waals surface area contributed by atoms with Crippen LogP contribution in [0.4, 0.5) is 11.4 Å². The third-order valence-electron chi connectivity index (χ3n) is 3.08. The van der Waals surface area contributed by atoms with Gasteiger partial charge in [-0.15, -0.1) is 0 Å². The molecule has 2 rings (SSSR count). The van der Waals surface area contributed by atoms with Gasteiger partial charge in [0.25, 0.3) is 0 Å². The number of carbonyl (C=O) groups is 1. The Hall–Kier alpha value is -2.31. The average molecular weight is 365 g/mol. The lowest BCUT2D eigenvalue weighted by atomic mass is 10.2. The van der Waals surface area contributed by atoms with Gasteiger partial charge in [0.1, 0.15) is 5.75 Å². The van der Waals surface area contributed by atoms with Crippen molar-refractivity contribution in [1.82, 2.24) is 0 Å². The summed E-state index contributed by atoms with van der Waals surface area (Å²) in [5, 5.41) is 6.85. The second kappa shape index (κ2) is 8.52. The summed E-state index contributed by atoms with van der Waals surface area (Å²) in [7, 11) is 1.56. The number of para-hydroxylation sites is 1. The molecule has 0 unspecified atom stereocenters. The molecule has 2 N–H and O–H groups in total. The molecule has 0 bridgehead atoms. The minimum absolute atomic E-state index is 0.298. The van der Waals surface area contributed by atoms with Crippen LogP contribution in [0.15, 0.2) is 42.5 Å². The number of esters is 1. The zero-order chi connectivity index (χ0) is 17.5. The number of hydrogen-bond donors (Lipinski definition) is 2. The van der Waals surface area contributed by atoms with Crippen molar-refractivity contribution in [3.63, 3.8) is 0 Å². The van der Waals surface area contributed by atoms with Crippen molar-refractivity contribution in [3.05, 3.63) is 53.1 Å². The molecule has 0 radical (unpaired) electrons. The number of ether oxygens (including phenoxy) is 2. The smallest absolute Gasteiger partial charge is 0.340 e. The number of hydrogen-bond acceptors (Lipinski definition) is 4. The van der Waals surface area contributed by atoms with Crippen LogP contribution in [0.2, 0.25) is 5.02 Å². The topological polar surface area (TPSA) is 59.6 Å². The predicted octanol–water partition coefficient (Wildman–Crippen LogP) is 4.33. The van der Waals surface area contributed by atoms with Gasteiger partial charge in [-0.05, 0) is 49.5 Å². The lowest BCUT2D eigenvalue weighted by Gasteiger charge is -2.15. The molecule has 0 amide bonds. The van der Waals surface area contributed by atoms with Gasteiger partial charge in [0.05, 0.1) is 30.7 Å². The highest BCUT2D eigenvalue weighted by Crippen LogP contribution is 2.28. The SMILES string of the molecule is CCOC(=O)c1ccccc1NC(=S)Nc1cc(Cl)ccc1OC. The third kappa shape index (κ3) is 4.59. The van der Waals surface area contributed by atoms with Crippen molar-refractivity contribution in [1.29, 1.82) is 0 Å². The molecule has 0 aromatic heterocycles. The Labute approximate surface area is 150 Å². The molecule has 0 saturated heterocycles. The summed E-state index contributed by atoms with van der Waals surface area (Å²) in [6.45, 7) is 2.06. The zero-order valence-electron chi connectivity index (χ0n) is 13.3. The summed E-state index contributed by atoms with van der Waals surface area (Å²) in [5.74, 6) is 0.186. The van der Waals surface area contributed by atoms with Gasteiger partial charge < -0.3 is 20.1 Å². The van der Waals surface area contributed by atoms with E-state index in [1.807, 2.05) is 0 Å². The number of thiocarbonyl (C=S) groups is 1. The van der Waals surface area contributed by atoms with Crippen LogP contribution in [0.3, 0.4) is 0 Å². The fraction of sp³-hybridized carbons (Fsp3) is 0.176. The highest BCUT2D eigenvalue weighted by molar-refractivity contribution is 7.80. The van der Waals surface area contributed by atoms with Gasteiger partial charge >= 0.3 is 5.97 Å². The fourth-order valence-electron chi connectivity index (χ4n) is 2.03. The van der Waals surface area contributed by atoms with Crippen molar-refractivity contribution >= 4 is 46.3 Å². The fourth-order valence-corrected chi connectivity index (χ4v) is 2.42. The van der Waals surface area contributed by atoms with Gasteiger partial charge in [-0.1, -0.05) is 23.7 Å². The highest BCUT2D eigenvalue weighted by atomic mass is 35.5. The van der Waals surface area contributed by atoms with Gasteiger partial charge in [0.2, 0.25) is 0 Å². The first-order chi connectivity index (χ1) is 11.5. The molecule has 0 atom stereocenters. The molecule has 0 aliphatic carbocycles. The van der Waals surface area contributed by atoms with Crippen LogP contribution in [-0.2, 0) is 4.74 Å². The Kier molecular flexibility index (Phi) is 6.40. The summed E-state index contributed by atoms with van der Waals surface area (Å²) >= 11 is 11.3. The van der Waals surface area contributed by atoms with Gasteiger partial charge in [-0.3, -0.25) is 0 Å². The maximum absolute atomic E-state index is 12.0. The molecule has 7 heteroatoms. The van der Waals surface area contributed by atoms with Crippen molar-refractivity contribution < 1.29 is 14.3 Å². The van der Waals surface area contributed by atoms with Gasteiger partial charge in [-0.2, -0.15) is 0 Å². The number of anilines is 2. The molecule has 5 nitrogen and oxygen atoms in total. The van der Waals surface area contributed by atoms with Gasteiger partial charge in [0.15, 0.2) is 5.11 Å². The highest BCUT2D eigenvalue weighted by Gasteiger charge is 2.13. The Morgan fingerprint density at radius 3 is 2.58 bits per heavy atom. The minimum atomic E-state index is -0.413. The van der Waals surface area contributed by atoms with Crippen molar-refractivity contribution in [2.75, 3.05) is 24.4 Å². The van der Waals surface area contributed by atoms with E-state index in [-0.39, 0.29) is 0 Å². The first kappa shape index (κ1) is 18.0. The number of carbonyl (C=O) groups excluding carboxylic acids is 1. The van der Waals surface area contributed by atoms with Crippen LogP contribution in [-0.4, -0.2) is 24.8 Å². The molecule has 0 saturated carbocycles. The zero-order valence-corrected chi connectivity index (χ0v) is 14.8. The summed E-state index contributed by atoms with van der Waals surface area (Å²) < 4.78 is 10.3. The molecular formula is C17H17ClN2O3S. The molecule has 2 aromatic rings. The Morgan fingerprint density at radius 1 is 1.17 bits per heavy atom. The molecule has 0 aliphatic rings. The van der Waals surface area contributed by atoms with E-state index in [1.54, 1.807) is 56.5 Å². The van der Waals surface area contributed by atoms with Crippen LogP contribution in [0.25, 0.3) is 0 Å². The Bertz CT molecular complexity index is 752. The first-order valence-electron chi connectivity index (χ1n) is 7.22. The van der Waals surface area contributed by atoms with Crippen LogP contribution < -0.4 is 15.4 Å². The quantitative estimate of drug-likeness (QED) is 0.608. The second-order valence-corrected chi connectivity index (χ2v) is 5.53. The molecule has 0 spiro atoms.